The molecule has 1 aliphatic heterocycles. The Kier molecular flexibility index (Phi) is 5.21. The van der Waals surface area contributed by atoms with E-state index in [0.29, 0.717) is 13.1 Å². The van der Waals surface area contributed by atoms with Gasteiger partial charge in [0.25, 0.3) is 0 Å². The van der Waals surface area contributed by atoms with Crippen molar-refractivity contribution in [2.45, 2.75) is 19.8 Å². The number of carbonyl (C=O) groups excluding carboxylic acids is 1. The van der Waals surface area contributed by atoms with Gasteiger partial charge in [0.1, 0.15) is 0 Å². The number of nitrogens with one attached hydrogen (secondary N) is 2. The highest BCUT2D eigenvalue weighted by atomic mass is 16.2. The third-order valence-corrected chi connectivity index (χ3v) is 3.37. The Bertz CT molecular complexity index is 420. The Morgan fingerprint density at radius 1 is 1.26 bits per heavy atom. The van der Waals surface area contributed by atoms with E-state index in [1.54, 1.807) is 0 Å². The van der Waals surface area contributed by atoms with Crippen LogP contribution in [0.4, 0.5) is 5.69 Å². The van der Waals surface area contributed by atoms with Crippen molar-refractivity contribution in [1.82, 2.24) is 10.6 Å². The molecule has 4 heteroatoms. The molecule has 104 valence electrons. The second-order valence-corrected chi connectivity index (χ2v) is 4.90. The van der Waals surface area contributed by atoms with Crippen LogP contribution in [0.25, 0.3) is 0 Å². The van der Waals surface area contributed by atoms with E-state index in [-0.39, 0.29) is 5.91 Å². The van der Waals surface area contributed by atoms with Gasteiger partial charge in [0.05, 0.1) is 6.54 Å². The van der Waals surface area contributed by atoms with Crippen LogP contribution in [0.15, 0.2) is 24.3 Å². The zero-order valence-corrected chi connectivity index (χ0v) is 11.6. The van der Waals surface area contributed by atoms with Crippen molar-refractivity contribution in [1.29, 1.82) is 0 Å². The fourth-order valence-corrected chi connectivity index (χ4v) is 2.39. The SMILES string of the molecule is CCCNCCNC(=O)CN1CCc2ccccc21. The summed E-state index contributed by atoms with van der Waals surface area (Å²) < 4.78 is 0. The van der Waals surface area contributed by atoms with Gasteiger partial charge in [0, 0.05) is 25.3 Å². The molecule has 0 aliphatic carbocycles. The summed E-state index contributed by atoms with van der Waals surface area (Å²) in [6.45, 7) is 6.10. The topological polar surface area (TPSA) is 44.4 Å². The summed E-state index contributed by atoms with van der Waals surface area (Å²) in [5, 5.41) is 6.23. The van der Waals surface area contributed by atoms with Gasteiger partial charge in [-0.15, -0.1) is 0 Å². The number of fused-ring (bicyclic) bond motifs is 1. The van der Waals surface area contributed by atoms with E-state index in [0.717, 1.165) is 32.5 Å². The Balaban J connectivity index is 1.72. The normalized spacial score (nSPS) is 13.4. The predicted octanol–water partition coefficient (Wildman–Crippen LogP) is 1.16. The lowest BCUT2D eigenvalue weighted by atomic mass is 10.2. The highest BCUT2D eigenvalue weighted by Gasteiger charge is 2.19. The Labute approximate surface area is 115 Å². The Morgan fingerprint density at radius 3 is 2.95 bits per heavy atom. The summed E-state index contributed by atoms with van der Waals surface area (Å²) in [6, 6.07) is 8.33. The van der Waals surface area contributed by atoms with Crippen LogP contribution in [0.1, 0.15) is 18.9 Å². The maximum atomic E-state index is 11.9. The molecule has 0 bridgehead atoms. The van der Waals surface area contributed by atoms with Crippen LogP contribution < -0.4 is 15.5 Å². The second-order valence-electron chi connectivity index (χ2n) is 4.90. The molecule has 1 aromatic rings. The Morgan fingerprint density at radius 2 is 2.11 bits per heavy atom. The van der Waals surface area contributed by atoms with E-state index in [4.69, 9.17) is 0 Å². The molecule has 19 heavy (non-hydrogen) atoms. The maximum absolute atomic E-state index is 11.9. The maximum Gasteiger partial charge on any atom is 0.239 e. The zero-order valence-electron chi connectivity index (χ0n) is 11.6. The number of anilines is 1. The summed E-state index contributed by atoms with van der Waals surface area (Å²) in [6.07, 6.45) is 2.17. The van der Waals surface area contributed by atoms with Crippen molar-refractivity contribution in [2.24, 2.45) is 0 Å². The van der Waals surface area contributed by atoms with E-state index in [9.17, 15) is 4.79 Å². The summed E-state index contributed by atoms with van der Waals surface area (Å²) >= 11 is 0. The van der Waals surface area contributed by atoms with Gasteiger partial charge in [0.2, 0.25) is 5.91 Å². The minimum absolute atomic E-state index is 0.106. The molecule has 0 radical (unpaired) electrons. The summed E-state index contributed by atoms with van der Waals surface area (Å²) in [4.78, 5) is 14.0. The van der Waals surface area contributed by atoms with E-state index in [2.05, 4.69) is 40.7 Å². The van der Waals surface area contributed by atoms with Crippen LogP contribution >= 0.6 is 0 Å². The summed E-state index contributed by atoms with van der Waals surface area (Å²) in [5.41, 5.74) is 2.56. The number of benzene rings is 1. The smallest absolute Gasteiger partial charge is 0.239 e. The third-order valence-electron chi connectivity index (χ3n) is 3.37. The molecule has 1 aliphatic rings. The van der Waals surface area contributed by atoms with Crippen molar-refractivity contribution in [3.05, 3.63) is 29.8 Å². The average Bonchev–Trinajstić information content (AvgIpc) is 2.82. The van der Waals surface area contributed by atoms with Gasteiger partial charge in [0.15, 0.2) is 0 Å². The number of rotatable bonds is 7. The predicted molar refractivity (Wildman–Crippen MR) is 78.5 cm³/mol. The summed E-state index contributed by atoms with van der Waals surface area (Å²) in [5.74, 6) is 0.106. The van der Waals surface area contributed by atoms with Crippen LogP contribution in [0.5, 0.6) is 0 Å². The van der Waals surface area contributed by atoms with Crippen molar-refractivity contribution in [2.75, 3.05) is 37.6 Å². The second kappa shape index (κ2) is 7.14. The highest BCUT2D eigenvalue weighted by Crippen LogP contribution is 2.26. The zero-order chi connectivity index (χ0) is 13.5. The van der Waals surface area contributed by atoms with Crippen LogP contribution in [-0.2, 0) is 11.2 Å². The van der Waals surface area contributed by atoms with Crippen molar-refractivity contribution >= 4 is 11.6 Å². The third kappa shape index (κ3) is 3.96. The monoisotopic (exact) mass is 261 g/mol. The number of carbonyl (C=O) groups is 1. The lowest BCUT2D eigenvalue weighted by Gasteiger charge is -2.18. The largest absolute Gasteiger partial charge is 0.362 e. The minimum atomic E-state index is 0.106. The molecule has 4 nitrogen and oxygen atoms in total. The molecule has 0 unspecified atom stereocenters. The van der Waals surface area contributed by atoms with E-state index < -0.39 is 0 Å². The van der Waals surface area contributed by atoms with Gasteiger partial charge < -0.3 is 15.5 Å². The molecule has 0 spiro atoms. The lowest BCUT2D eigenvalue weighted by molar-refractivity contribution is -0.119. The average molecular weight is 261 g/mol. The van der Waals surface area contributed by atoms with Crippen LogP contribution in [0.3, 0.4) is 0 Å². The highest BCUT2D eigenvalue weighted by molar-refractivity contribution is 5.82. The molecule has 1 amide bonds. The fraction of sp³-hybridized carbons (Fsp3) is 0.533. The molecule has 0 aromatic heterocycles. The van der Waals surface area contributed by atoms with Gasteiger partial charge in [-0.2, -0.15) is 0 Å². The Hall–Kier alpha value is -1.55. The lowest BCUT2D eigenvalue weighted by Crippen LogP contribution is -2.39. The fourth-order valence-electron chi connectivity index (χ4n) is 2.39. The molecule has 1 aromatic carbocycles. The van der Waals surface area contributed by atoms with Crippen LogP contribution in [0.2, 0.25) is 0 Å². The standard InChI is InChI=1S/C15H23N3O/c1-2-8-16-9-10-17-15(19)12-18-11-7-13-5-3-4-6-14(13)18/h3-6,16H,2,7-12H2,1H3,(H,17,19). The van der Waals surface area contributed by atoms with E-state index >= 15 is 0 Å². The van der Waals surface area contributed by atoms with Crippen molar-refractivity contribution < 1.29 is 4.79 Å². The first-order valence-corrected chi connectivity index (χ1v) is 7.11. The van der Waals surface area contributed by atoms with Gasteiger partial charge in [-0.1, -0.05) is 25.1 Å². The van der Waals surface area contributed by atoms with Gasteiger partial charge >= 0.3 is 0 Å². The first-order chi connectivity index (χ1) is 9.31. The molecule has 1 heterocycles. The molecule has 2 rings (SSSR count). The molecule has 2 N–H and O–H groups in total. The van der Waals surface area contributed by atoms with Crippen molar-refractivity contribution in [3.8, 4) is 0 Å². The van der Waals surface area contributed by atoms with Gasteiger partial charge in [-0.25, -0.2) is 0 Å². The first-order valence-electron chi connectivity index (χ1n) is 7.11. The molecule has 0 atom stereocenters. The number of hydrogen-bond acceptors (Lipinski definition) is 3. The van der Waals surface area contributed by atoms with E-state index in [1.165, 1.54) is 11.3 Å². The number of amides is 1. The molecular formula is C15H23N3O. The molecule has 0 saturated heterocycles. The molecular weight excluding hydrogens is 238 g/mol. The minimum Gasteiger partial charge on any atom is -0.362 e. The quantitative estimate of drug-likeness (QED) is 0.724. The van der Waals surface area contributed by atoms with Gasteiger partial charge in [-0.3, -0.25) is 4.79 Å². The van der Waals surface area contributed by atoms with E-state index in [1.807, 2.05) is 6.07 Å². The van der Waals surface area contributed by atoms with Gasteiger partial charge in [-0.05, 0) is 31.0 Å². The number of hydrogen-bond donors (Lipinski definition) is 2. The molecule has 0 saturated carbocycles. The molecule has 0 fully saturated rings. The van der Waals surface area contributed by atoms with Crippen molar-refractivity contribution in [3.63, 3.8) is 0 Å². The summed E-state index contributed by atoms with van der Waals surface area (Å²) in [7, 11) is 0. The van der Waals surface area contributed by atoms with Crippen LogP contribution in [-0.4, -0.2) is 38.6 Å². The van der Waals surface area contributed by atoms with Crippen LogP contribution in [0, 0.1) is 0 Å². The number of para-hydroxylation sites is 1. The first kappa shape index (κ1) is 13.9. The number of nitrogens with zero attached hydrogens (tertiary/aromatic N) is 1.